The van der Waals surface area contributed by atoms with Crippen LogP contribution >= 0.6 is 0 Å². The van der Waals surface area contributed by atoms with E-state index in [0.717, 1.165) is 24.0 Å². The van der Waals surface area contributed by atoms with Crippen LogP contribution in [0.1, 0.15) is 24.0 Å². The van der Waals surface area contributed by atoms with E-state index < -0.39 is 0 Å². The normalized spacial score (nSPS) is 17.5. The predicted molar refractivity (Wildman–Crippen MR) is 57.8 cm³/mol. The smallest absolute Gasteiger partial charge is 0.269 e. The minimum Gasteiger partial charge on any atom is -0.330 e. The quantitative estimate of drug-likeness (QED) is 0.606. The molecule has 0 heterocycles. The first-order valence-electron chi connectivity index (χ1n) is 5.05. The van der Waals surface area contributed by atoms with Crippen molar-refractivity contribution < 1.29 is 4.92 Å². The van der Waals surface area contributed by atoms with Gasteiger partial charge in [-0.1, -0.05) is 6.07 Å². The van der Waals surface area contributed by atoms with Gasteiger partial charge in [0.05, 0.1) is 4.92 Å². The number of nitrogens with two attached hydrogens (primary N) is 1. The SMILES string of the molecule is Cc1ccc([N+](=O)[O-])cc1C1(CN)CC1. The fourth-order valence-corrected chi connectivity index (χ4v) is 2.03. The van der Waals surface area contributed by atoms with Crippen LogP contribution < -0.4 is 5.73 Å². The van der Waals surface area contributed by atoms with Crippen molar-refractivity contribution in [3.63, 3.8) is 0 Å². The molecule has 1 saturated carbocycles. The Kier molecular flexibility index (Phi) is 2.23. The summed E-state index contributed by atoms with van der Waals surface area (Å²) in [5.41, 5.74) is 8.07. The van der Waals surface area contributed by atoms with Crippen molar-refractivity contribution in [2.75, 3.05) is 6.54 Å². The fraction of sp³-hybridized carbons (Fsp3) is 0.455. The van der Waals surface area contributed by atoms with Crippen LogP contribution in [0.3, 0.4) is 0 Å². The highest BCUT2D eigenvalue weighted by Gasteiger charge is 2.44. The van der Waals surface area contributed by atoms with E-state index in [1.807, 2.05) is 13.0 Å². The van der Waals surface area contributed by atoms with Crippen LogP contribution in [0.15, 0.2) is 18.2 Å². The lowest BCUT2D eigenvalue weighted by molar-refractivity contribution is -0.385. The molecule has 0 radical (unpaired) electrons. The monoisotopic (exact) mass is 206 g/mol. The van der Waals surface area contributed by atoms with Gasteiger partial charge in [-0.25, -0.2) is 0 Å². The van der Waals surface area contributed by atoms with Gasteiger partial charge in [-0.3, -0.25) is 10.1 Å². The van der Waals surface area contributed by atoms with E-state index in [2.05, 4.69) is 0 Å². The van der Waals surface area contributed by atoms with E-state index in [1.54, 1.807) is 12.1 Å². The van der Waals surface area contributed by atoms with Crippen molar-refractivity contribution in [2.45, 2.75) is 25.2 Å². The third kappa shape index (κ3) is 1.61. The summed E-state index contributed by atoms with van der Waals surface area (Å²) in [6, 6.07) is 5.03. The second kappa shape index (κ2) is 3.31. The van der Waals surface area contributed by atoms with Gasteiger partial charge in [-0.15, -0.1) is 0 Å². The standard InChI is InChI=1S/C11H14N2O2/c1-8-2-3-9(13(14)15)6-10(8)11(7-12)4-5-11/h2-3,6H,4-5,7,12H2,1H3. The second-order valence-corrected chi connectivity index (χ2v) is 4.24. The summed E-state index contributed by atoms with van der Waals surface area (Å²) in [6.45, 7) is 2.56. The number of hydrogen-bond acceptors (Lipinski definition) is 3. The topological polar surface area (TPSA) is 69.2 Å². The van der Waals surface area contributed by atoms with Crippen molar-refractivity contribution >= 4 is 5.69 Å². The van der Waals surface area contributed by atoms with Gasteiger partial charge in [-0.05, 0) is 30.9 Å². The van der Waals surface area contributed by atoms with Crippen molar-refractivity contribution in [3.05, 3.63) is 39.4 Å². The van der Waals surface area contributed by atoms with Gasteiger partial charge in [0.15, 0.2) is 0 Å². The number of nitro groups is 1. The first kappa shape index (κ1) is 10.1. The van der Waals surface area contributed by atoms with Crippen molar-refractivity contribution in [1.82, 2.24) is 0 Å². The highest BCUT2D eigenvalue weighted by atomic mass is 16.6. The Hall–Kier alpha value is -1.42. The van der Waals surface area contributed by atoms with E-state index in [-0.39, 0.29) is 16.0 Å². The van der Waals surface area contributed by atoms with E-state index in [4.69, 9.17) is 5.73 Å². The zero-order valence-electron chi connectivity index (χ0n) is 8.69. The van der Waals surface area contributed by atoms with Gasteiger partial charge < -0.3 is 5.73 Å². The molecule has 4 heteroatoms. The zero-order chi connectivity index (χ0) is 11.1. The Morgan fingerprint density at radius 1 is 1.53 bits per heavy atom. The van der Waals surface area contributed by atoms with Gasteiger partial charge in [0.2, 0.25) is 0 Å². The van der Waals surface area contributed by atoms with Crippen LogP contribution in [-0.2, 0) is 5.41 Å². The maximum Gasteiger partial charge on any atom is 0.269 e. The summed E-state index contributed by atoms with van der Waals surface area (Å²) in [7, 11) is 0. The largest absolute Gasteiger partial charge is 0.330 e. The first-order chi connectivity index (χ1) is 7.09. The van der Waals surface area contributed by atoms with Crippen molar-refractivity contribution in [2.24, 2.45) is 5.73 Å². The van der Waals surface area contributed by atoms with Crippen LogP contribution in [-0.4, -0.2) is 11.5 Å². The minimum absolute atomic E-state index is 0.0239. The molecule has 0 atom stereocenters. The van der Waals surface area contributed by atoms with Crippen LogP contribution in [0.5, 0.6) is 0 Å². The van der Waals surface area contributed by atoms with Crippen LogP contribution in [0, 0.1) is 17.0 Å². The minimum atomic E-state index is -0.352. The molecule has 1 aromatic rings. The molecule has 0 spiro atoms. The third-order valence-corrected chi connectivity index (χ3v) is 3.25. The predicted octanol–water partition coefficient (Wildman–Crippen LogP) is 1.89. The molecule has 0 aliphatic heterocycles. The third-order valence-electron chi connectivity index (χ3n) is 3.25. The number of benzene rings is 1. The zero-order valence-corrected chi connectivity index (χ0v) is 8.69. The average molecular weight is 206 g/mol. The molecular formula is C11H14N2O2. The molecule has 1 fully saturated rings. The number of aryl methyl sites for hydroxylation is 1. The molecule has 15 heavy (non-hydrogen) atoms. The van der Waals surface area contributed by atoms with E-state index in [0.29, 0.717) is 6.54 Å². The van der Waals surface area contributed by atoms with Gasteiger partial charge >= 0.3 is 0 Å². The molecule has 0 bridgehead atoms. The maximum atomic E-state index is 10.7. The Balaban J connectivity index is 2.46. The number of hydrogen-bond donors (Lipinski definition) is 1. The van der Waals surface area contributed by atoms with Crippen LogP contribution in [0.2, 0.25) is 0 Å². The lowest BCUT2D eigenvalue weighted by atomic mass is 9.91. The molecule has 1 aliphatic carbocycles. The Bertz CT molecular complexity index is 411. The average Bonchev–Trinajstić information content (AvgIpc) is 2.99. The van der Waals surface area contributed by atoms with Gasteiger partial charge in [0, 0.05) is 24.1 Å². The second-order valence-electron chi connectivity index (χ2n) is 4.24. The Morgan fingerprint density at radius 2 is 2.20 bits per heavy atom. The lowest BCUT2D eigenvalue weighted by Crippen LogP contribution is -2.20. The number of rotatable bonds is 3. The molecule has 0 saturated heterocycles. The molecule has 0 unspecified atom stereocenters. The molecule has 0 amide bonds. The van der Waals surface area contributed by atoms with Gasteiger partial charge in [-0.2, -0.15) is 0 Å². The van der Waals surface area contributed by atoms with E-state index in [9.17, 15) is 10.1 Å². The van der Waals surface area contributed by atoms with Gasteiger partial charge in [0.1, 0.15) is 0 Å². The van der Waals surface area contributed by atoms with Crippen molar-refractivity contribution in [3.8, 4) is 0 Å². The summed E-state index contributed by atoms with van der Waals surface area (Å²) in [5.74, 6) is 0. The van der Waals surface area contributed by atoms with Crippen LogP contribution in [0.4, 0.5) is 5.69 Å². The molecule has 0 aromatic heterocycles. The fourth-order valence-electron chi connectivity index (χ4n) is 2.03. The summed E-state index contributed by atoms with van der Waals surface area (Å²) in [6.07, 6.45) is 2.09. The number of nitro benzene ring substituents is 1. The summed E-state index contributed by atoms with van der Waals surface area (Å²) in [4.78, 5) is 10.3. The lowest BCUT2D eigenvalue weighted by Gasteiger charge is -2.15. The molecule has 1 aliphatic rings. The van der Waals surface area contributed by atoms with Gasteiger partial charge in [0.25, 0.3) is 5.69 Å². The summed E-state index contributed by atoms with van der Waals surface area (Å²) in [5, 5.41) is 10.7. The maximum absolute atomic E-state index is 10.7. The summed E-state index contributed by atoms with van der Waals surface area (Å²) >= 11 is 0. The number of non-ortho nitro benzene ring substituents is 1. The highest BCUT2D eigenvalue weighted by molar-refractivity contribution is 5.46. The van der Waals surface area contributed by atoms with Crippen molar-refractivity contribution in [1.29, 1.82) is 0 Å². The molecule has 4 nitrogen and oxygen atoms in total. The summed E-state index contributed by atoms with van der Waals surface area (Å²) < 4.78 is 0. The molecule has 2 rings (SSSR count). The Morgan fingerprint density at radius 3 is 2.67 bits per heavy atom. The molecular weight excluding hydrogens is 192 g/mol. The molecule has 80 valence electrons. The van der Waals surface area contributed by atoms with E-state index in [1.165, 1.54) is 0 Å². The molecule has 1 aromatic carbocycles. The van der Waals surface area contributed by atoms with E-state index >= 15 is 0 Å². The first-order valence-corrected chi connectivity index (χ1v) is 5.05. The van der Waals surface area contributed by atoms with Crippen LogP contribution in [0.25, 0.3) is 0 Å². The number of nitrogens with zero attached hydrogens (tertiary/aromatic N) is 1. The Labute approximate surface area is 88.2 Å². The highest BCUT2D eigenvalue weighted by Crippen LogP contribution is 2.48. The molecule has 2 N–H and O–H groups in total.